The maximum absolute atomic E-state index is 11.0. The van der Waals surface area contributed by atoms with Gasteiger partial charge < -0.3 is 15.3 Å². The Labute approximate surface area is 98.0 Å². The largest absolute Gasteiger partial charge is 0.480 e. The lowest BCUT2D eigenvalue weighted by Crippen LogP contribution is -2.41. The zero-order valence-corrected chi connectivity index (χ0v) is 10.4. The van der Waals surface area contributed by atoms with Gasteiger partial charge in [-0.1, -0.05) is 13.8 Å². The molecule has 4 heteroatoms. The summed E-state index contributed by atoms with van der Waals surface area (Å²) in [6.45, 7) is 8.20. The molecule has 1 atom stereocenters. The van der Waals surface area contributed by atoms with Crippen molar-refractivity contribution < 1.29 is 9.90 Å². The fourth-order valence-electron chi connectivity index (χ4n) is 2.15. The van der Waals surface area contributed by atoms with Gasteiger partial charge in [0.2, 0.25) is 0 Å². The lowest BCUT2D eigenvalue weighted by Gasteiger charge is -2.19. The van der Waals surface area contributed by atoms with Crippen molar-refractivity contribution in [1.82, 2.24) is 10.2 Å². The Morgan fingerprint density at radius 2 is 2.00 bits per heavy atom. The first kappa shape index (κ1) is 13.5. The van der Waals surface area contributed by atoms with E-state index in [1.807, 2.05) is 0 Å². The number of carboxylic acid groups (broad SMARTS) is 1. The zero-order valence-electron chi connectivity index (χ0n) is 10.4. The first-order chi connectivity index (χ1) is 7.59. The number of carboxylic acids is 1. The number of hydrogen-bond acceptors (Lipinski definition) is 3. The minimum absolute atomic E-state index is 0.386. The molecular formula is C12H24N2O2. The lowest BCUT2D eigenvalue weighted by atomic mass is 10.0. The van der Waals surface area contributed by atoms with Crippen molar-refractivity contribution in [3.05, 3.63) is 0 Å². The van der Waals surface area contributed by atoms with Gasteiger partial charge in [0.15, 0.2) is 0 Å². The third-order valence-electron chi connectivity index (χ3n) is 3.02. The Kier molecular flexibility index (Phi) is 5.77. The summed E-state index contributed by atoms with van der Waals surface area (Å²) >= 11 is 0. The maximum atomic E-state index is 11.0. The van der Waals surface area contributed by atoms with E-state index in [4.69, 9.17) is 5.11 Å². The molecule has 94 valence electrons. The van der Waals surface area contributed by atoms with Crippen molar-refractivity contribution in [1.29, 1.82) is 0 Å². The van der Waals surface area contributed by atoms with Crippen LogP contribution in [0.25, 0.3) is 0 Å². The van der Waals surface area contributed by atoms with Crippen LogP contribution in [0.2, 0.25) is 0 Å². The lowest BCUT2D eigenvalue weighted by molar-refractivity contribution is -0.139. The highest BCUT2D eigenvalue weighted by molar-refractivity contribution is 5.73. The van der Waals surface area contributed by atoms with Gasteiger partial charge in [-0.05, 0) is 38.3 Å². The Hall–Kier alpha value is -0.610. The molecule has 1 aliphatic heterocycles. The van der Waals surface area contributed by atoms with Crippen LogP contribution in [0.4, 0.5) is 0 Å². The average molecular weight is 228 g/mol. The molecule has 2 N–H and O–H groups in total. The number of likely N-dealkylation sites (tertiary alicyclic amines) is 1. The second-order valence-corrected chi connectivity index (χ2v) is 5.02. The van der Waals surface area contributed by atoms with Crippen LogP contribution in [0.3, 0.4) is 0 Å². The molecule has 1 saturated heterocycles. The van der Waals surface area contributed by atoms with Gasteiger partial charge in [-0.25, -0.2) is 0 Å². The molecular weight excluding hydrogens is 204 g/mol. The molecule has 0 spiro atoms. The normalized spacial score (nSPS) is 19.2. The SMILES string of the molecule is CC(C)CC(NCCN1CCCC1)C(=O)O. The van der Waals surface area contributed by atoms with Crippen LogP contribution in [-0.4, -0.2) is 48.2 Å². The average Bonchev–Trinajstić information content (AvgIpc) is 2.68. The van der Waals surface area contributed by atoms with E-state index in [1.165, 1.54) is 25.9 Å². The van der Waals surface area contributed by atoms with Crippen molar-refractivity contribution in [3.8, 4) is 0 Å². The highest BCUT2D eigenvalue weighted by Crippen LogP contribution is 2.07. The van der Waals surface area contributed by atoms with E-state index in [1.54, 1.807) is 0 Å². The summed E-state index contributed by atoms with van der Waals surface area (Å²) < 4.78 is 0. The molecule has 0 aromatic carbocycles. The van der Waals surface area contributed by atoms with Gasteiger partial charge >= 0.3 is 5.97 Å². The van der Waals surface area contributed by atoms with Gasteiger partial charge in [-0.2, -0.15) is 0 Å². The van der Waals surface area contributed by atoms with E-state index >= 15 is 0 Å². The quantitative estimate of drug-likeness (QED) is 0.687. The third-order valence-corrected chi connectivity index (χ3v) is 3.02. The highest BCUT2D eigenvalue weighted by Gasteiger charge is 2.18. The van der Waals surface area contributed by atoms with Crippen LogP contribution >= 0.6 is 0 Å². The number of hydrogen-bond donors (Lipinski definition) is 2. The van der Waals surface area contributed by atoms with E-state index in [0.717, 1.165) is 13.1 Å². The topological polar surface area (TPSA) is 52.6 Å². The Balaban J connectivity index is 2.18. The minimum Gasteiger partial charge on any atom is -0.480 e. The summed E-state index contributed by atoms with van der Waals surface area (Å²) in [5, 5.41) is 12.2. The highest BCUT2D eigenvalue weighted by atomic mass is 16.4. The summed E-state index contributed by atoms with van der Waals surface area (Å²) in [6, 6.07) is -0.386. The first-order valence-electron chi connectivity index (χ1n) is 6.28. The summed E-state index contributed by atoms with van der Waals surface area (Å²) in [4.78, 5) is 13.4. The number of nitrogens with one attached hydrogen (secondary N) is 1. The van der Waals surface area contributed by atoms with Crippen LogP contribution in [-0.2, 0) is 4.79 Å². The summed E-state index contributed by atoms with van der Waals surface area (Å²) in [5.41, 5.74) is 0. The standard InChI is InChI=1S/C12H24N2O2/c1-10(2)9-11(12(15)16)13-5-8-14-6-3-4-7-14/h10-11,13H,3-9H2,1-2H3,(H,15,16). The molecule has 1 aliphatic rings. The maximum Gasteiger partial charge on any atom is 0.320 e. The van der Waals surface area contributed by atoms with Gasteiger partial charge in [0.05, 0.1) is 0 Å². The fourth-order valence-corrected chi connectivity index (χ4v) is 2.15. The van der Waals surface area contributed by atoms with Gasteiger partial charge in [-0.15, -0.1) is 0 Å². The van der Waals surface area contributed by atoms with E-state index in [-0.39, 0.29) is 6.04 Å². The monoisotopic (exact) mass is 228 g/mol. The smallest absolute Gasteiger partial charge is 0.320 e. The van der Waals surface area contributed by atoms with E-state index in [9.17, 15) is 4.79 Å². The van der Waals surface area contributed by atoms with Crippen LogP contribution in [0, 0.1) is 5.92 Å². The second kappa shape index (κ2) is 6.86. The summed E-state index contributed by atoms with van der Waals surface area (Å²) in [6.07, 6.45) is 3.28. The van der Waals surface area contributed by atoms with Crippen LogP contribution in [0.15, 0.2) is 0 Å². The molecule has 0 aromatic heterocycles. The zero-order chi connectivity index (χ0) is 12.0. The Morgan fingerprint density at radius 1 is 1.38 bits per heavy atom. The van der Waals surface area contributed by atoms with E-state index in [2.05, 4.69) is 24.1 Å². The van der Waals surface area contributed by atoms with Crippen LogP contribution < -0.4 is 5.32 Å². The van der Waals surface area contributed by atoms with Crippen molar-refractivity contribution in [2.45, 2.75) is 39.2 Å². The molecule has 1 fully saturated rings. The molecule has 0 bridgehead atoms. The predicted octanol–water partition coefficient (Wildman–Crippen LogP) is 1.17. The molecule has 1 rings (SSSR count). The van der Waals surface area contributed by atoms with Gasteiger partial charge in [-0.3, -0.25) is 4.79 Å². The Bertz CT molecular complexity index is 213. The van der Waals surface area contributed by atoms with Crippen molar-refractivity contribution >= 4 is 5.97 Å². The van der Waals surface area contributed by atoms with Crippen molar-refractivity contribution in [3.63, 3.8) is 0 Å². The van der Waals surface area contributed by atoms with Gasteiger partial charge in [0.25, 0.3) is 0 Å². The molecule has 0 radical (unpaired) electrons. The number of nitrogens with zero attached hydrogens (tertiary/aromatic N) is 1. The number of carbonyl (C=O) groups is 1. The third kappa shape index (κ3) is 4.94. The molecule has 0 amide bonds. The van der Waals surface area contributed by atoms with Crippen molar-refractivity contribution in [2.75, 3.05) is 26.2 Å². The van der Waals surface area contributed by atoms with Crippen LogP contribution in [0.5, 0.6) is 0 Å². The van der Waals surface area contributed by atoms with Gasteiger partial charge in [0, 0.05) is 13.1 Å². The predicted molar refractivity (Wildman–Crippen MR) is 64.6 cm³/mol. The first-order valence-corrected chi connectivity index (χ1v) is 6.28. The fraction of sp³-hybridized carbons (Fsp3) is 0.917. The molecule has 1 unspecified atom stereocenters. The van der Waals surface area contributed by atoms with E-state index < -0.39 is 5.97 Å². The summed E-state index contributed by atoms with van der Waals surface area (Å²) in [7, 11) is 0. The number of aliphatic carboxylic acids is 1. The summed E-state index contributed by atoms with van der Waals surface area (Å²) in [5.74, 6) is -0.310. The Morgan fingerprint density at radius 3 is 2.50 bits per heavy atom. The second-order valence-electron chi connectivity index (χ2n) is 5.02. The molecule has 1 heterocycles. The molecule has 0 aliphatic carbocycles. The van der Waals surface area contributed by atoms with Crippen LogP contribution in [0.1, 0.15) is 33.1 Å². The minimum atomic E-state index is -0.727. The molecule has 0 saturated carbocycles. The molecule has 0 aromatic rings. The van der Waals surface area contributed by atoms with Gasteiger partial charge in [0.1, 0.15) is 6.04 Å². The number of rotatable bonds is 7. The molecule has 16 heavy (non-hydrogen) atoms. The molecule has 4 nitrogen and oxygen atoms in total. The van der Waals surface area contributed by atoms with E-state index in [0.29, 0.717) is 12.3 Å². The van der Waals surface area contributed by atoms with Crippen molar-refractivity contribution in [2.24, 2.45) is 5.92 Å².